The number of hydrogen-bond donors (Lipinski definition) is 4. The topological polar surface area (TPSA) is 142 Å². The van der Waals surface area contributed by atoms with Crippen LogP contribution < -0.4 is 11.2 Å². The lowest BCUT2D eigenvalue weighted by Gasteiger charge is -2.14. The molecule has 0 aliphatic carbocycles. The molecule has 0 amide bonds. The first-order chi connectivity index (χ1) is 9.42. The van der Waals surface area contributed by atoms with Gasteiger partial charge in [-0.05, 0) is 0 Å². The number of carboxylic acids is 1. The summed E-state index contributed by atoms with van der Waals surface area (Å²) in [6, 6.07) is 0. The molecule has 1 saturated heterocycles. The van der Waals surface area contributed by atoms with Gasteiger partial charge in [0.2, 0.25) is 0 Å². The summed E-state index contributed by atoms with van der Waals surface area (Å²) in [5.41, 5.74) is -1.63. The molecule has 0 aromatic carbocycles. The van der Waals surface area contributed by atoms with Crippen molar-refractivity contribution in [3.8, 4) is 0 Å². The van der Waals surface area contributed by atoms with Crippen LogP contribution in [0.4, 0.5) is 0 Å². The summed E-state index contributed by atoms with van der Waals surface area (Å²) in [6.07, 6.45) is -1.99. The van der Waals surface area contributed by atoms with Crippen molar-refractivity contribution in [1.82, 2.24) is 9.55 Å². The van der Waals surface area contributed by atoms with Gasteiger partial charge >= 0.3 is 11.7 Å². The first-order valence-electron chi connectivity index (χ1n) is 5.93. The van der Waals surface area contributed by atoms with Crippen LogP contribution in [-0.2, 0) is 16.0 Å². The van der Waals surface area contributed by atoms with Gasteiger partial charge in [-0.3, -0.25) is 19.1 Å². The second-order valence-electron chi connectivity index (χ2n) is 4.51. The van der Waals surface area contributed by atoms with Crippen LogP contribution in [0.5, 0.6) is 0 Å². The first kappa shape index (κ1) is 14.4. The number of nitrogens with zero attached hydrogens (tertiary/aromatic N) is 1. The molecule has 9 nitrogen and oxygen atoms in total. The summed E-state index contributed by atoms with van der Waals surface area (Å²) in [5, 5.41) is 27.3. The number of aliphatic carboxylic acids is 1. The minimum Gasteiger partial charge on any atom is -0.481 e. The number of aliphatic hydroxyl groups is 2. The van der Waals surface area contributed by atoms with E-state index in [-0.39, 0.29) is 12.0 Å². The average molecular weight is 286 g/mol. The van der Waals surface area contributed by atoms with Crippen LogP contribution in [0.25, 0.3) is 0 Å². The van der Waals surface area contributed by atoms with E-state index in [1.165, 1.54) is 0 Å². The molecule has 20 heavy (non-hydrogen) atoms. The second-order valence-corrected chi connectivity index (χ2v) is 4.51. The lowest BCUT2D eigenvalue weighted by molar-refractivity contribution is -0.136. The zero-order valence-corrected chi connectivity index (χ0v) is 10.4. The Hall–Kier alpha value is -1.97. The van der Waals surface area contributed by atoms with E-state index in [4.69, 9.17) is 14.9 Å². The number of carbonyl (C=O) groups is 1. The Bertz CT molecular complexity index is 620. The molecule has 1 aliphatic rings. The number of ether oxygens (including phenoxy) is 1. The highest BCUT2D eigenvalue weighted by molar-refractivity contribution is 5.69. The van der Waals surface area contributed by atoms with Crippen LogP contribution >= 0.6 is 0 Å². The highest BCUT2D eigenvalue weighted by Gasteiger charge is 2.35. The fourth-order valence-corrected chi connectivity index (χ4v) is 2.08. The molecule has 110 valence electrons. The maximum Gasteiger partial charge on any atom is 0.330 e. The third-order valence-electron chi connectivity index (χ3n) is 3.08. The monoisotopic (exact) mass is 286 g/mol. The maximum atomic E-state index is 11.7. The number of nitrogens with one attached hydrogen (secondary N) is 1. The second kappa shape index (κ2) is 5.57. The number of aromatic nitrogens is 2. The van der Waals surface area contributed by atoms with Gasteiger partial charge in [-0.2, -0.15) is 0 Å². The summed E-state index contributed by atoms with van der Waals surface area (Å²) in [7, 11) is 0. The van der Waals surface area contributed by atoms with Crippen molar-refractivity contribution in [3.05, 3.63) is 32.6 Å². The Kier molecular flexibility index (Phi) is 4.02. The molecule has 1 aromatic rings. The van der Waals surface area contributed by atoms with Crippen molar-refractivity contribution in [2.24, 2.45) is 0 Å². The quantitative estimate of drug-likeness (QED) is 0.492. The molecular formula is C11H14N2O7. The normalized spacial score (nSPS) is 25.8. The third-order valence-corrected chi connectivity index (χ3v) is 3.08. The average Bonchev–Trinajstić information content (AvgIpc) is 2.73. The standard InChI is InChI=1S/C11H14N2O7/c14-4-7-6(15)2-8(20-7)13-3-5(1-9(16)17)10(18)12-11(13)19/h3,6-8,14-15H,1-2,4H2,(H,16,17)(H,12,18,19)/t6-,7+,8+/m1/s1. The predicted molar refractivity (Wildman–Crippen MR) is 64.3 cm³/mol. The lowest BCUT2D eigenvalue weighted by atomic mass is 10.2. The number of hydrogen-bond acceptors (Lipinski definition) is 6. The van der Waals surface area contributed by atoms with E-state index in [9.17, 15) is 19.5 Å². The van der Waals surface area contributed by atoms with Gasteiger partial charge < -0.3 is 20.1 Å². The van der Waals surface area contributed by atoms with Gasteiger partial charge in [-0.1, -0.05) is 0 Å². The Morgan fingerprint density at radius 2 is 2.20 bits per heavy atom. The van der Waals surface area contributed by atoms with Crippen LogP contribution in [0, 0.1) is 0 Å². The van der Waals surface area contributed by atoms with Crippen molar-refractivity contribution in [2.45, 2.75) is 31.3 Å². The minimum absolute atomic E-state index is 0.0592. The van der Waals surface area contributed by atoms with E-state index in [1.54, 1.807) is 0 Å². The molecule has 3 atom stereocenters. The van der Waals surface area contributed by atoms with Gasteiger partial charge in [0.25, 0.3) is 5.56 Å². The Morgan fingerprint density at radius 1 is 1.50 bits per heavy atom. The van der Waals surface area contributed by atoms with Crippen molar-refractivity contribution in [1.29, 1.82) is 0 Å². The number of aromatic amines is 1. The zero-order chi connectivity index (χ0) is 14.9. The van der Waals surface area contributed by atoms with E-state index in [0.717, 1.165) is 10.8 Å². The van der Waals surface area contributed by atoms with E-state index >= 15 is 0 Å². The van der Waals surface area contributed by atoms with Gasteiger partial charge in [0.05, 0.1) is 19.1 Å². The zero-order valence-electron chi connectivity index (χ0n) is 10.4. The molecule has 0 saturated carbocycles. The fourth-order valence-electron chi connectivity index (χ4n) is 2.08. The summed E-state index contributed by atoms with van der Waals surface area (Å²) < 4.78 is 6.30. The molecule has 0 bridgehead atoms. The highest BCUT2D eigenvalue weighted by Crippen LogP contribution is 2.27. The number of H-pyrrole nitrogens is 1. The Morgan fingerprint density at radius 3 is 2.75 bits per heavy atom. The van der Waals surface area contributed by atoms with E-state index < -0.39 is 48.7 Å². The SMILES string of the molecule is O=C(O)Cc1cn([C@@H]2C[C@@H](O)[C@H](CO)O2)c(=O)[nH]c1=O. The van der Waals surface area contributed by atoms with Gasteiger partial charge in [-0.25, -0.2) is 4.79 Å². The predicted octanol–water partition coefficient (Wildman–Crippen LogP) is -2.20. The Labute approximate surface area is 112 Å². The van der Waals surface area contributed by atoms with Crippen molar-refractivity contribution >= 4 is 5.97 Å². The van der Waals surface area contributed by atoms with Gasteiger partial charge in [0.15, 0.2) is 0 Å². The van der Waals surface area contributed by atoms with E-state index in [1.807, 2.05) is 4.98 Å². The molecule has 4 N–H and O–H groups in total. The smallest absolute Gasteiger partial charge is 0.330 e. The summed E-state index contributed by atoms with van der Waals surface area (Å²) in [5.74, 6) is -1.21. The molecule has 0 radical (unpaired) electrons. The molecule has 1 aliphatic heterocycles. The molecule has 1 aromatic heterocycles. The van der Waals surface area contributed by atoms with Crippen LogP contribution in [0.1, 0.15) is 18.2 Å². The summed E-state index contributed by atoms with van der Waals surface area (Å²) >= 11 is 0. The minimum atomic E-state index is -1.21. The molecule has 9 heteroatoms. The lowest BCUT2D eigenvalue weighted by Crippen LogP contribution is -2.34. The molecule has 0 spiro atoms. The number of aliphatic hydroxyl groups excluding tert-OH is 2. The number of carboxylic acid groups (broad SMARTS) is 1. The molecular weight excluding hydrogens is 272 g/mol. The van der Waals surface area contributed by atoms with Gasteiger partial charge in [-0.15, -0.1) is 0 Å². The molecule has 0 unspecified atom stereocenters. The van der Waals surface area contributed by atoms with Crippen molar-refractivity contribution in [2.75, 3.05) is 6.61 Å². The largest absolute Gasteiger partial charge is 0.481 e. The van der Waals surface area contributed by atoms with Gasteiger partial charge in [0.1, 0.15) is 12.3 Å². The van der Waals surface area contributed by atoms with Crippen LogP contribution in [0.3, 0.4) is 0 Å². The number of rotatable bonds is 4. The third kappa shape index (κ3) is 2.79. The van der Waals surface area contributed by atoms with E-state index in [0.29, 0.717) is 0 Å². The molecule has 2 rings (SSSR count). The van der Waals surface area contributed by atoms with Crippen LogP contribution in [0.2, 0.25) is 0 Å². The Balaban J connectivity index is 2.35. The first-order valence-corrected chi connectivity index (χ1v) is 5.93. The van der Waals surface area contributed by atoms with E-state index in [2.05, 4.69) is 0 Å². The van der Waals surface area contributed by atoms with Crippen molar-refractivity contribution in [3.63, 3.8) is 0 Å². The molecule has 2 heterocycles. The summed E-state index contributed by atoms with van der Waals surface area (Å²) in [4.78, 5) is 35.8. The van der Waals surface area contributed by atoms with Crippen molar-refractivity contribution < 1.29 is 24.9 Å². The molecule has 1 fully saturated rings. The van der Waals surface area contributed by atoms with Gasteiger partial charge in [0, 0.05) is 18.2 Å². The highest BCUT2D eigenvalue weighted by atomic mass is 16.5. The summed E-state index contributed by atoms with van der Waals surface area (Å²) in [6.45, 7) is -0.405. The van der Waals surface area contributed by atoms with Crippen LogP contribution in [0.15, 0.2) is 15.8 Å². The van der Waals surface area contributed by atoms with Crippen LogP contribution in [-0.4, -0.2) is 49.7 Å². The maximum absolute atomic E-state index is 11.7. The fraction of sp³-hybridized carbons (Fsp3) is 0.545.